The molecule has 14 heteroatoms. The number of benzene rings is 3. The zero-order chi connectivity index (χ0) is 43.0. The van der Waals surface area contributed by atoms with Crippen LogP contribution in [-0.2, 0) is 32.0 Å². The van der Waals surface area contributed by atoms with E-state index in [0.29, 0.717) is 12.2 Å². The number of pyridine rings is 1. The third-order valence-corrected chi connectivity index (χ3v) is 10.9. The number of nitrogens with two attached hydrogens (primary N) is 1. The van der Waals surface area contributed by atoms with Crippen molar-refractivity contribution in [3.8, 4) is 0 Å². The second kappa shape index (κ2) is 22.2. The Balaban J connectivity index is 0.00000221. The van der Waals surface area contributed by atoms with Crippen molar-refractivity contribution in [2.45, 2.75) is 96.9 Å². The van der Waals surface area contributed by atoms with Crippen LogP contribution in [0.4, 0.5) is 22.7 Å². The number of aromatic nitrogens is 1. The molecule has 14 nitrogen and oxygen atoms in total. The predicted molar refractivity (Wildman–Crippen MR) is 235 cm³/mol. The van der Waals surface area contributed by atoms with Gasteiger partial charge >= 0.3 is 0 Å². The number of nitrogens with zero attached hydrogens (tertiary/aromatic N) is 3. The molecule has 2 aliphatic heterocycles. The molecule has 1 unspecified atom stereocenters. The van der Waals surface area contributed by atoms with E-state index >= 15 is 0 Å². The van der Waals surface area contributed by atoms with Gasteiger partial charge in [0.2, 0.25) is 24.1 Å². The Morgan fingerprint density at radius 1 is 0.867 bits per heavy atom. The largest absolute Gasteiger partial charge is 0.385 e. The lowest BCUT2D eigenvalue weighted by molar-refractivity contribution is -0.136. The number of amides is 6. The maximum atomic E-state index is 13.4. The Kier molecular flexibility index (Phi) is 16.5. The summed E-state index contributed by atoms with van der Waals surface area (Å²) in [6.07, 6.45) is 11.1. The van der Waals surface area contributed by atoms with Gasteiger partial charge in [0.15, 0.2) is 0 Å². The zero-order valence-corrected chi connectivity index (χ0v) is 35.0. The maximum Gasteiger partial charge on any atom is 0.264 e. The molecule has 0 radical (unpaired) electrons. The molecule has 6 N–H and O–H groups in total. The number of likely N-dealkylation sites (N-methyl/N-ethyl adjacent to an activating group) is 1. The van der Waals surface area contributed by atoms with Gasteiger partial charge in [-0.25, -0.2) is 0 Å². The monoisotopic (exact) mass is 818 g/mol. The first kappa shape index (κ1) is 44.8. The fraction of sp³-hybridized carbons (Fsp3) is 0.413. The average molecular weight is 819 g/mol. The zero-order valence-electron chi connectivity index (χ0n) is 35.0. The summed E-state index contributed by atoms with van der Waals surface area (Å²) in [6.45, 7) is 5.86. The highest BCUT2D eigenvalue weighted by atomic mass is 16.2. The number of imide groups is 2. The fourth-order valence-electron chi connectivity index (χ4n) is 7.89. The van der Waals surface area contributed by atoms with Gasteiger partial charge in [-0.2, -0.15) is 0 Å². The summed E-state index contributed by atoms with van der Waals surface area (Å²) in [5.41, 5.74) is 11.7. The highest BCUT2D eigenvalue weighted by Crippen LogP contribution is 2.35. The highest BCUT2D eigenvalue weighted by Gasteiger charge is 2.46. The fourth-order valence-corrected chi connectivity index (χ4v) is 7.89. The molecule has 0 spiro atoms. The van der Waals surface area contributed by atoms with Gasteiger partial charge in [-0.15, -0.1) is 0 Å². The maximum absolute atomic E-state index is 13.4. The van der Waals surface area contributed by atoms with Crippen LogP contribution in [0.3, 0.4) is 0 Å². The summed E-state index contributed by atoms with van der Waals surface area (Å²) < 4.78 is 0. The van der Waals surface area contributed by atoms with Crippen molar-refractivity contribution in [3.05, 3.63) is 89.1 Å². The number of rotatable bonds is 20. The van der Waals surface area contributed by atoms with Crippen molar-refractivity contribution in [1.29, 1.82) is 0 Å². The molecule has 0 bridgehead atoms. The number of primary amides is 1. The summed E-state index contributed by atoms with van der Waals surface area (Å²) in [5.74, 6) is -2.42. The van der Waals surface area contributed by atoms with Gasteiger partial charge in [-0.05, 0) is 80.1 Å². The molecule has 1 fully saturated rings. The summed E-state index contributed by atoms with van der Waals surface area (Å²) in [5, 5.41) is 13.7. The number of nitrogens with one attached hydrogen (secondary N) is 4. The molecule has 3 heterocycles. The molecule has 0 saturated carbocycles. The Hall–Kier alpha value is -6.31. The number of carbonyl (C=O) groups excluding carboxylic acids is 6. The molecule has 1 aromatic heterocycles. The molecule has 1 saturated heterocycles. The van der Waals surface area contributed by atoms with Crippen molar-refractivity contribution in [3.63, 3.8) is 0 Å². The molecular formula is C46H58N8O6. The molecule has 3 aromatic carbocycles. The molecule has 318 valence electrons. The van der Waals surface area contributed by atoms with E-state index in [1.165, 1.54) is 31.2 Å². The predicted octanol–water partition coefficient (Wildman–Crippen LogP) is 6.39. The number of hydrogen-bond donors (Lipinski definition) is 5. The number of aryl methyl sites for hydroxylation is 1. The highest BCUT2D eigenvalue weighted by molar-refractivity contribution is 6.25. The molecule has 1 atom stereocenters. The van der Waals surface area contributed by atoms with Crippen molar-refractivity contribution in [1.82, 2.24) is 20.5 Å². The number of anilines is 4. The molecule has 4 aromatic rings. The normalized spacial score (nSPS) is 14.6. The van der Waals surface area contributed by atoms with Crippen LogP contribution in [0, 0.1) is 0 Å². The summed E-state index contributed by atoms with van der Waals surface area (Å²) in [7, 11) is 1.70. The summed E-state index contributed by atoms with van der Waals surface area (Å²) in [6, 6.07) is 20.7. The third kappa shape index (κ3) is 11.2. The van der Waals surface area contributed by atoms with Crippen molar-refractivity contribution < 1.29 is 28.8 Å². The number of fused-ring (bicyclic) bond motifs is 2. The number of piperidine rings is 1. The van der Waals surface area contributed by atoms with Gasteiger partial charge in [-0.1, -0.05) is 76.6 Å². The second-order valence-corrected chi connectivity index (χ2v) is 15.1. The van der Waals surface area contributed by atoms with E-state index in [2.05, 4.69) is 83.3 Å². The first-order chi connectivity index (χ1) is 29.1. The number of hydrogen-bond acceptors (Lipinski definition) is 10. The van der Waals surface area contributed by atoms with E-state index in [-0.39, 0.29) is 42.8 Å². The number of carbonyl (C=O) groups is 6. The average Bonchev–Trinajstić information content (AvgIpc) is 3.50. The standard InChI is InChI=1S/C45H55N7O5.CH3NO/c1-4-32-35(5-2)49-36-23-22-31(28-34(36)42(32)48-30-18-13-12-14-19-30)46-26-15-10-8-6-7-9-11-16-27-47-40(54)29-51(3)37-21-17-20-33-41(37)45(57)52(44(33)56)38-24-25-39(53)50-43(38)55;2-1-3/h12-14,17-23,28,38,46H,4-11,15-16,24-27,29H2,1-3H3,(H,47,54)(H,48,49)(H,50,53,55);1H,(H2,2,3). The Morgan fingerprint density at radius 2 is 1.55 bits per heavy atom. The van der Waals surface area contributed by atoms with Crippen molar-refractivity contribution in [2.24, 2.45) is 5.73 Å². The second-order valence-electron chi connectivity index (χ2n) is 15.1. The van der Waals surface area contributed by atoms with Crippen LogP contribution < -0.4 is 31.9 Å². The van der Waals surface area contributed by atoms with Crippen LogP contribution in [0.2, 0.25) is 0 Å². The van der Waals surface area contributed by atoms with Gasteiger partial charge in [0.25, 0.3) is 11.8 Å². The van der Waals surface area contributed by atoms with Crippen molar-refractivity contribution in [2.75, 3.05) is 42.2 Å². The van der Waals surface area contributed by atoms with Crippen molar-refractivity contribution >= 4 is 69.6 Å². The van der Waals surface area contributed by atoms with Crippen LogP contribution in [0.5, 0.6) is 0 Å². The van der Waals surface area contributed by atoms with Crippen LogP contribution in [0.1, 0.15) is 110 Å². The molecular weight excluding hydrogens is 761 g/mol. The number of para-hydroxylation sites is 1. The minimum absolute atomic E-state index is 0.00929. The van der Waals surface area contributed by atoms with Crippen LogP contribution in [0.25, 0.3) is 10.9 Å². The van der Waals surface area contributed by atoms with E-state index < -0.39 is 29.7 Å². The van der Waals surface area contributed by atoms with Gasteiger partial charge in [0, 0.05) is 49.0 Å². The first-order valence-corrected chi connectivity index (χ1v) is 21.1. The van der Waals surface area contributed by atoms with Crippen LogP contribution >= 0.6 is 0 Å². The third-order valence-electron chi connectivity index (χ3n) is 10.9. The lowest BCUT2D eigenvalue weighted by Gasteiger charge is -2.28. The minimum Gasteiger partial charge on any atom is -0.385 e. The molecule has 2 aliphatic rings. The summed E-state index contributed by atoms with van der Waals surface area (Å²) in [4.78, 5) is 79.6. The topological polar surface area (TPSA) is 196 Å². The Bertz CT molecular complexity index is 2160. The smallest absolute Gasteiger partial charge is 0.264 e. The van der Waals surface area contributed by atoms with E-state index in [4.69, 9.17) is 9.78 Å². The lowest BCUT2D eigenvalue weighted by atomic mass is 10.0. The molecule has 0 aliphatic carbocycles. The Morgan fingerprint density at radius 3 is 2.22 bits per heavy atom. The molecule has 6 amide bonds. The minimum atomic E-state index is -1.04. The Labute approximate surface area is 352 Å². The van der Waals surface area contributed by atoms with Crippen LogP contribution in [0.15, 0.2) is 66.7 Å². The SMILES string of the molecule is CCc1nc2ccc(NCCCCCCCCCCNC(=O)CN(C)c3cccc4c3C(=O)N(C3CCC(=O)NC3=O)C4=O)cc2c(Nc2ccccc2)c1CC.NC=O. The lowest BCUT2D eigenvalue weighted by Crippen LogP contribution is -2.54. The van der Waals surface area contributed by atoms with E-state index in [1.807, 2.05) is 6.07 Å². The van der Waals surface area contributed by atoms with E-state index in [1.54, 1.807) is 30.1 Å². The van der Waals surface area contributed by atoms with E-state index in [0.717, 1.165) is 83.6 Å². The molecule has 60 heavy (non-hydrogen) atoms. The van der Waals surface area contributed by atoms with Gasteiger partial charge < -0.3 is 26.6 Å². The van der Waals surface area contributed by atoms with Gasteiger partial charge in [-0.3, -0.25) is 44.0 Å². The number of unbranched alkanes of at least 4 members (excludes halogenated alkanes) is 7. The van der Waals surface area contributed by atoms with Crippen LogP contribution in [-0.4, -0.2) is 78.6 Å². The van der Waals surface area contributed by atoms with E-state index in [9.17, 15) is 24.0 Å². The quantitative estimate of drug-likeness (QED) is 0.0379. The van der Waals surface area contributed by atoms with Gasteiger partial charge in [0.1, 0.15) is 6.04 Å². The first-order valence-electron chi connectivity index (χ1n) is 21.1. The van der Waals surface area contributed by atoms with Gasteiger partial charge in [0.05, 0.1) is 34.6 Å². The summed E-state index contributed by atoms with van der Waals surface area (Å²) >= 11 is 0. The molecule has 6 rings (SSSR count).